The van der Waals surface area contributed by atoms with E-state index >= 15 is 0 Å². The second-order valence-electron chi connectivity index (χ2n) is 4.90. The van der Waals surface area contributed by atoms with Crippen LogP contribution in [0.2, 0.25) is 0 Å². The molecule has 109 valence electrons. The molecule has 0 aromatic carbocycles. The van der Waals surface area contributed by atoms with Gasteiger partial charge >= 0.3 is 128 Å². The molecule has 0 bridgehead atoms. The van der Waals surface area contributed by atoms with Gasteiger partial charge in [0.05, 0.1) is 0 Å². The molecular weight excluding hydrogens is 455 g/mol. The second kappa shape index (κ2) is 7.84. The van der Waals surface area contributed by atoms with Gasteiger partial charge in [-0.25, -0.2) is 0 Å². The van der Waals surface area contributed by atoms with Crippen molar-refractivity contribution in [3.05, 3.63) is 44.6 Å². The van der Waals surface area contributed by atoms with Gasteiger partial charge in [0.2, 0.25) is 0 Å². The van der Waals surface area contributed by atoms with Crippen LogP contribution in [0.4, 0.5) is 0 Å². The van der Waals surface area contributed by atoms with Crippen LogP contribution >= 0.6 is 19.2 Å². The van der Waals surface area contributed by atoms with Crippen LogP contribution in [0.1, 0.15) is 51.4 Å². The van der Waals surface area contributed by atoms with Gasteiger partial charge in [-0.05, 0) is 0 Å². The van der Waals surface area contributed by atoms with Crippen molar-refractivity contribution in [2.24, 2.45) is 0 Å². The van der Waals surface area contributed by atoms with Gasteiger partial charge in [-0.2, -0.15) is 0 Å². The fourth-order valence-corrected chi connectivity index (χ4v) is 10.5. The van der Waals surface area contributed by atoms with E-state index in [1.807, 2.05) is 0 Å². The van der Waals surface area contributed by atoms with Crippen LogP contribution in [0.5, 0.6) is 0 Å². The molecule has 0 amide bonds. The van der Waals surface area contributed by atoms with Crippen LogP contribution in [0, 0.1) is 0 Å². The van der Waals surface area contributed by atoms with Gasteiger partial charge in [0.25, 0.3) is 0 Å². The molecule has 0 heterocycles. The molecule has 2 rings (SSSR count). The summed E-state index contributed by atoms with van der Waals surface area (Å²) in [6, 6.07) is 0. The zero-order valence-electron chi connectivity index (χ0n) is 11.2. The predicted molar refractivity (Wildman–Crippen MR) is 83.1 cm³/mol. The van der Waals surface area contributed by atoms with Crippen molar-refractivity contribution in [2.75, 3.05) is 0 Å². The molecule has 0 aromatic rings. The van der Waals surface area contributed by atoms with Gasteiger partial charge in [-0.15, -0.1) is 0 Å². The Morgan fingerprint density at radius 1 is 0.737 bits per heavy atom. The van der Waals surface area contributed by atoms with E-state index in [2.05, 4.69) is 36.5 Å². The zero-order valence-corrected chi connectivity index (χ0v) is 15.1. The number of halogens is 2. The quantitative estimate of drug-likeness (QED) is 0.427. The maximum atomic E-state index is 6.89. The second-order valence-corrected chi connectivity index (χ2v) is 18.0. The number of hydrogen-bond donors (Lipinski definition) is 0. The molecule has 0 N–H and O–H groups in total. The van der Waals surface area contributed by atoms with Crippen molar-refractivity contribution in [1.29, 1.82) is 0 Å². The van der Waals surface area contributed by atoms with Crippen molar-refractivity contribution in [2.45, 2.75) is 51.4 Å². The Kier molecular flexibility index (Phi) is 6.42. The molecule has 2 aliphatic rings. The average molecular weight is 477 g/mol. The third-order valence-electron chi connectivity index (χ3n) is 3.40. The summed E-state index contributed by atoms with van der Waals surface area (Å²) in [5, 5.41) is 0. The average Bonchev–Trinajstić information content (AvgIpc) is 2.26. The van der Waals surface area contributed by atoms with E-state index in [1.165, 1.54) is 46.7 Å². The fraction of sp³-hybridized carbons (Fsp3) is 0.500. The molecule has 0 spiro atoms. The summed E-state index contributed by atoms with van der Waals surface area (Å²) in [5.74, 6) is 0. The Labute approximate surface area is 128 Å². The molecule has 2 aliphatic carbocycles. The number of hydrogen-bond acceptors (Lipinski definition) is 0. The van der Waals surface area contributed by atoms with Gasteiger partial charge in [0.15, 0.2) is 0 Å². The first-order valence-corrected chi connectivity index (χ1v) is 15.4. The fourth-order valence-electron chi connectivity index (χ4n) is 2.28. The minimum atomic E-state index is -3.01. The Balaban J connectivity index is 2.23. The van der Waals surface area contributed by atoms with Crippen molar-refractivity contribution in [3.8, 4) is 0 Å². The van der Waals surface area contributed by atoms with Crippen LogP contribution < -0.4 is 0 Å². The van der Waals surface area contributed by atoms with Crippen LogP contribution in [0.15, 0.2) is 44.6 Å². The minimum absolute atomic E-state index is 1.08. The molecule has 0 nitrogen and oxygen atoms in total. The van der Waals surface area contributed by atoms with Crippen molar-refractivity contribution >= 4 is 19.2 Å². The van der Waals surface area contributed by atoms with Gasteiger partial charge in [0, 0.05) is 0 Å². The molecule has 3 heteroatoms. The predicted octanol–water partition coefficient (Wildman–Crippen LogP) is 6.48. The van der Waals surface area contributed by atoms with Gasteiger partial charge < -0.3 is 0 Å². The summed E-state index contributed by atoms with van der Waals surface area (Å²) in [6.45, 7) is 0. The van der Waals surface area contributed by atoms with Crippen LogP contribution in [0.25, 0.3) is 0 Å². The monoisotopic (exact) mass is 477 g/mol. The van der Waals surface area contributed by atoms with Crippen molar-refractivity contribution < 1.29 is 13.3 Å². The molecule has 0 saturated carbocycles. The molecule has 0 radical (unpaired) electrons. The Bertz CT molecular complexity index is 378. The topological polar surface area (TPSA) is 0 Å². The molecule has 0 atom stereocenters. The third-order valence-corrected chi connectivity index (χ3v) is 14.6. The van der Waals surface area contributed by atoms with Gasteiger partial charge in [-0.1, -0.05) is 0 Å². The Morgan fingerprint density at radius 3 is 1.68 bits per heavy atom. The van der Waals surface area contributed by atoms with Gasteiger partial charge in [-0.3, -0.25) is 0 Å². The first-order chi connectivity index (χ1) is 9.21. The summed E-state index contributed by atoms with van der Waals surface area (Å²) in [6.07, 6.45) is 22.6. The van der Waals surface area contributed by atoms with E-state index in [4.69, 9.17) is 19.2 Å². The normalized spacial score (nSPS) is 31.5. The molecule has 0 unspecified atom stereocenters. The summed E-state index contributed by atoms with van der Waals surface area (Å²) in [4.78, 5) is 0. The first kappa shape index (κ1) is 15.6. The van der Waals surface area contributed by atoms with E-state index < -0.39 is 13.3 Å². The van der Waals surface area contributed by atoms with E-state index in [0.717, 1.165) is 12.8 Å². The van der Waals surface area contributed by atoms with Crippen molar-refractivity contribution in [3.63, 3.8) is 0 Å². The summed E-state index contributed by atoms with van der Waals surface area (Å²) in [7, 11) is 13.8. The van der Waals surface area contributed by atoms with E-state index in [9.17, 15) is 0 Å². The first-order valence-electron chi connectivity index (χ1n) is 7.02. The molecule has 0 saturated heterocycles. The van der Waals surface area contributed by atoms with Crippen LogP contribution in [-0.2, 0) is 13.3 Å². The third kappa shape index (κ3) is 4.60. The summed E-state index contributed by atoms with van der Waals surface area (Å²) >= 11 is -3.01. The molecular formula is C16H22Cl2Ir. The van der Waals surface area contributed by atoms with E-state index in [1.54, 1.807) is 0 Å². The number of rotatable bonds is 2. The maximum absolute atomic E-state index is 6.89. The molecule has 19 heavy (non-hydrogen) atoms. The Hall–Kier alpha value is 0.189. The van der Waals surface area contributed by atoms with Crippen LogP contribution in [-0.4, -0.2) is 0 Å². The van der Waals surface area contributed by atoms with E-state index in [0.29, 0.717) is 0 Å². The summed E-state index contributed by atoms with van der Waals surface area (Å²) < 4.78 is 2.67. The van der Waals surface area contributed by atoms with Crippen LogP contribution in [0.3, 0.4) is 0 Å². The molecule has 0 fully saturated rings. The standard InChI is InChI=1S/2C8H11.2ClH.Ir/c2*1-2-4-6-8-7-5-3-1;;;/h2*1-3H,4,6-8H2;2*1H;/q;;;;+2/p-2/b2*2-1-,5-3?;;;. The SMILES string of the molecule is [Cl][Ir]([Cl])(/[C]1=C/C=C\CCCC1)/[C]1=C/C=C\CCCC1. The van der Waals surface area contributed by atoms with Crippen molar-refractivity contribution in [1.82, 2.24) is 0 Å². The summed E-state index contributed by atoms with van der Waals surface area (Å²) in [5.41, 5.74) is 0. The van der Waals surface area contributed by atoms with E-state index in [-0.39, 0.29) is 0 Å². The molecule has 0 aliphatic heterocycles. The Morgan fingerprint density at radius 2 is 1.21 bits per heavy atom. The molecule has 0 aromatic heterocycles. The van der Waals surface area contributed by atoms with Gasteiger partial charge in [0.1, 0.15) is 0 Å². The number of allylic oxidation sites excluding steroid dienone is 8. The zero-order chi connectivity index (χ0) is 13.6.